The molecule has 4 aliphatic heterocycles. The van der Waals surface area contributed by atoms with Gasteiger partial charge in [-0.25, -0.2) is 10.4 Å². The summed E-state index contributed by atoms with van der Waals surface area (Å²) in [7, 11) is 0. The number of hydrogen-bond acceptors (Lipinski definition) is 8. The van der Waals surface area contributed by atoms with Crippen molar-refractivity contribution < 1.29 is 27.4 Å². The topological polar surface area (TPSA) is 99.3 Å². The first kappa shape index (κ1) is 24.8. The molecule has 0 radical (unpaired) electrons. The summed E-state index contributed by atoms with van der Waals surface area (Å²) in [6, 6.07) is -1.06. The van der Waals surface area contributed by atoms with E-state index in [0.717, 1.165) is 6.42 Å². The van der Waals surface area contributed by atoms with E-state index in [4.69, 9.17) is 9.47 Å². The second-order valence-electron chi connectivity index (χ2n) is 9.79. The average molecular weight is 499 g/mol. The molecule has 4 N–H and O–H groups in total. The third kappa shape index (κ3) is 5.47. The van der Waals surface area contributed by atoms with Gasteiger partial charge in [0.05, 0.1) is 30.6 Å². The number of aliphatic imine (C=N–C) groups is 1. The maximum atomic E-state index is 13.7. The molecule has 0 aromatic carbocycles. The summed E-state index contributed by atoms with van der Waals surface area (Å²) in [6.07, 6.45) is 2.06. The highest BCUT2D eigenvalue weighted by Gasteiger charge is 2.48. The van der Waals surface area contributed by atoms with Gasteiger partial charge in [-0.05, 0) is 37.2 Å². The fourth-order valence-electron chi connectivity index (χ4n) is 5.51. The van der Waals surface area contributed by atoms with Gasteiger partial charge in [-0.1, -0.05) is 19.1 Å². The molecule has 4 heterocycles. The number of carbonyl (C=O) groups is 1. The van der Waals surface area contributed by atoms with E-state index < -0.39 is 30.2 Å². The van der Waals surface area contributed by atoms with Crippen molar-refractivity contribution >= 4 is 12.1 Å². The van der Waals surface area contributed by atoms with Crippen molar-refractivity contribution in [3.63, 3.8) is 0 Å². The zero-order valence-electron chi connectivity index (χ0n) is 19.7. The van der Waals surface area contributed by atoms with Crippen molar-refractivity contribution in [1.29, 1.82) is 0 Å². The minimum absolute atomic E-state index is 0.0282. The highest BCUT2D eigenvalue weighted by molar-refractivity contribution is 5.83. The quantitative estimate of drug-likeness (QED) is 0.454. The van der Waals surface area contributed by atoms with Crippen LogP contribution in [0.25, 0.3) is 0 Å². The highest BCUT2D eigenvalue weighted by Crippen LogP contribution is 2.39. The zero-order valence-corrected chi connectivity index (χ0v) is 19.7. The van der Waals surface area contributed by atoms with E-state index in [1.807, 2.05) is 6.92 Å². The van der Waals surface area contributed by atoms with E-state index >= 15 is 0 Å². The zero-order chi connectivity index (χ0) is 24.6. The van der Waals surface area contributed by atoms with Gasteiger partial charge in [-0.15, -0.1) is 0 Å². The molecule has 0 bridgehead atoms. The number of amides is 1. The largest absolute Gasteiger partial charge is 0.416 e. The van der Waals surface area contributed by atoms with Crippen LogP contribution < -0.4 is 21.4 Å². The van der Waals surface area contributed by atoms with Crippen molar-refractivity contribution in [2.45, 2.75) is 82.1 Å². The fraction of sp³-hybridized carbons (Fsp3) is 0.739. The summed E-state index contributed by atoms with van der Waals surface area (Å²) in [6.45, 7) is 3.60. The molecule has 7 atom stereocenters. The van der Waals surface area contributed by atoms with E-state index in [1.54, 1.807) is 17.3 Å². The van der Waals surface area contributed by atoms with Crippen molar-refractivity contribution in [2.24, 2.45) is 10.9 Å². The third-order valence-corrected chi connectivity index (χ3v) is 7.23. The predicted octanol–water partition coefficient (Wildman–Crippen LogP) is 1.30. The Morgan fingerprint density at radius 3 is 2.91 bits per heavy atom. The smallest absolute Gasteiger partial charge is 0.379 e. The number of hydrogen-bond donors (Lipinski definition) is 4. The lowest BCUT2D eigenvalue weighted by Gasteiger charge is -2.43. The molecule has 194 valence electrons. The average Bonchev–Trinajstić information content (AvgIpc) is 3.49. The van der Waals surface area contributed by atoms with Gasteiger partial charge in [0.25, 0.3) is 0 Å². The summed E-state index contributed by atoms with van der Waals surface area (Å²) in [4.78, 5) is 17.6. The molecule has 1 aliphatic carbocycles. The molecular formula is C23H33F3N6O3. The number of hydrazine groups is 1. The van der Waals surface area contributed by atoms with Gasteiger partial charge >= 0.3 is 6.18 Å². The first-order chi connectivity index (χ1) is 16.8. The Bertz CT molecular complexity index is 888. The number of nitrogens with one attached hydrogen (secondary N) is 4. The van der Waals surface area contributed by atoms with E-state index in [2.05, 4.69) is 26.4 Å². The summed E-state index contributed by atoms with van der Waals surface area (Å²) in [5.41, 5.74) is 2.97. The third-order valence-electron chi connectivity index (χ3n) is 7.23. The Balaban J connectivity index is 1.22. The molecule has 3 fully saturated rings. The van der Waals surface area contributed by atoms with Gasteiger partial charge in [-0.2, -0.15) is 13.2 Å². The van der Waals surface area contributed by atoms with Crippen LogP contribution in [0.1, 0.15) is 39.0 Å². The van der Waals surface area contributed by atoms with E-state index in [9.17, 15) is 18.0 Å². The van der Waals surface area contributed by atoms with Crippen LogP contribution in [0.5, 0.6) is 0 Å². The number of nitrogens with zero attached hydrogens (tertiary/aromatic N) is 2. The van der Waals surface area contributed by atoms with Gasteiger partial charge in [0.2, 0.25) is 12.3 Å². The lowest BCUT2D eigenvalue weighted by molar-refractivity contribution is -0.130. The van der Waals surface area contributed by atoms with Gasteiger partial charge < -0.3 is 14.8 Å². The minimum Gasteiger partial charge on any atom is -0.379 e. The first-order valence-corrected chi connectivity index (χ1v) is 12.4. The second kappa shape index (κ2) is 10.3. The van der Waals surface area contributed by atoms with Crippen LogP contribution in [0.4, 0.5) is 13.2 Å². The molecule has 12 heteroatoms. The number of alkyl halides is 3. The first-order valence-electron chi connectivity index (χ1n) is 12.4. The van der Waals surface area contributed by atoms with Crippen molar-refractivity contribution in [3.05, 3.63) is 23.3 Å². The summed E-state index contributed by atoms with van der Waals surface area (Å²) < 4.78 is 52.2. The van der Waals surface area contributed by atoms with Crippen LogP contribution in [-0.4, -0.2) is 79.9 Å². The number of halogens is 3. The maximum absolute atomic E-state index is 13.7. The van der Waals surface area contributed by atoms with Crippen molar-refractivity contribution in [3.8, 4) is 0 Å². The molecule has 1 amide bonds. The van der Waals surface area contributed by atoms with Gasteiger partial charge in [0, 0.05) is 31.8 Å². The van der Waals surface area contributed by atoms with Gasteiger partial charge in [-0.3, -0.25) is 20.4 Å². The number of rotatable bonds is 5. The fourth-order valence-corrected chi connectivity index (χ4v) is 5.51. The molecule has 35 heavy (non-hydrogen) atoms. The Kier molecular flexibility index (Phi) is 7.29. The molecule has 5 rings (SSSR count). The maximum Gasteiger partial charge on any atom is 0.416 e. The van der Waals surface area contributed by atoms with Crippen LogP contribution >= 0.6 is 0 Å². The van der Waals surface area contributed by atoms with Crippen molar-refractivity contribution in [2.75, 3.05) is 19.8 Å². The molecule has 0 aromatic rings. The molecule has 0 aromatic heterocycles. The molecule has 0 spiro atoms. The molecule has 3 saturated heterocycles. The Morgan fingerprint density at radius 2 is 2.14 bits per heavy atom. The standard InChI is InChI=1S/C23H33F3N6O3/c1-13-10-17(15-4-2-3-5-16(15)23(24,25)26)31-32-18(11-28-20(13)32)21(33)29-19-6-8-27-22(30-19)35-14-7-9-34-12-14/h4-5,8,13-14,17-20,22,28,30-31H,2-3,6-7,9-12H2,1H3,(H,29,33)/t13?,14-,17?,18?,19?,20?,22?/m1/s1. The van der Waals surface area contributed by atoms with Crippen molar-refractivity contribution in [1.82, 2.24) is 26.4 Å². The van der Waals surface area contributed by atoms with Crippen LogP contribution in [0, 0.1) is 5.92 Å². The summed E-state index contributed by atoms with van der Waals surface area (Å²) in [5, 5.41) is 11.4. The monoisotopic (exact) mass is 498 g/mol. The second-order valence-corrected chi connectivity index (χ2v) is 9.79. The lowest BCUT2D eigenvalue weighted by atomic mass is 9.85. The van der Waals surface area contributed by atoms with Gasteiger partial charge in [0.15, 0.2) is 0 Å². The molecular weight excluding hydrogens is 465 g/mol. The van der Waals surface area contributed by atoms with Crippen LogP contribution in [-0.2, 0) is 14.3 Å². The lowest BCUT2D eigenvalue weighted by Crippen LogP contribution is -2.64. The van der Waals surface area contributed by atoms with Crippen LogP contribution in [0.2, 0.25) is 0 Å². The van der Waals surface area contributed by atoms with Gasteiger partial charge in [0.1, 0.15) is 6.04 Å². The Labute approximate surface area is 202 Å². The normalized spacial score (nSPS) is 38.1. The molecule has 6 unspecified atom stereocenters. The van der Waals surface area contributed by atoms with Crippen LogP contribution in [0.3, 0.4) is 0 Å². The Morgan fingerprint density at radius 1 is 1.31 bits per heavy atom. The van der Waals surface area contributed by atoms with E-state index in [0.29, 0.717) is 45.4 Å². The number of allylic oxidation sites excluding steroid dienone is 2. The minimum atomic E-state index is -4.40. The number of fused-ring (bicyclic) bond motifs is 1. The molecule has 9 nitrogen and oxygen atoms in total. The summed E-state index contributed by atoms with van der Waals surface area (Å²) >= 11 is 0. The molecule has 0 saturated carbocycles. The predicted molar refractivity (Wildman–Crippen MR) is 122 cm³/mol. The SMILES string of the molecule is CC1CC(C2=CCCC=C2C(F)(F)F)NN2C(C(=O)NC3CC=NC(O[C@@H]4CCOC4)N3)CNC12. The number of carbonyl (C=O) groups excluding carboxylic acids is 1. The number of ether oxygens (including phenoxy) is 2. The Hall–Kier alpha value is -1.83. The van der Waals surface area contributed by atoms with E-state index in [-0.39, 0.29) is 35.8 Å². The van der Waals surface area contributed by atoms with E-state index in [1.165, 1.54) is 6.08 Å². The highest BCUT2D eigenvalue weighted by atomic mass is 19.4. The summed E-state index contributed by atoms with van der Waals surface area (Å²) in [5.74, 6) is -0.150. The van der Waals surface area contributed by atoms with Crippen LogP contribution in [0.15, 0.2) is 28.3 Å². The molecule has 5 aliphatic rings.